The van der Waals surface area contributed by atoms with Crippen LogP contribution in [0.1, 0.15) is 5.56 Å². The molecule has 3 heteroatoms. The molecule has 0 aromatic heterocycles. The van der Waals surface area contributed by atoms with Crippen molar-refractivity contribution in [3.05, 3.63) is 34.9 Å². The molecule has 1 aromatic carbocycles. The van der Waals surface area contributed by atoms with Gasteiger partial charge in [-0.05, 0) is 24.1 Å². The third kappa shape index (κ3) is 3.20. The average molecular weight is 200 g/mol. The molecule has 0 aliphatic heterocycles. The molecule has 1 rings (SSSR count). The average Bonchev–Trinajstić information content (AvgIpc) is 2.09. The van der Waals surface area contributed by atoms with Gasteiger partial charge in [0.05, 0.1) is 5.49 Å². The molecular weight excluding hydrogens is 190 g/mol. The number of rotatable bonds is 4. The van der Waals surface area contributed by atoms with Gasteiger partial charge >= 0.3 is 0 Å². The van der Waals surface area contributed by atoms with Crippen LogP contribution in [-0.4, -0.2) is 12.0 Å². The molecule has 0 bridgehead atoms. The molecule has 0 saturated carbocycles. The number of hydrogen-bond acceptors (Lipinski definition) is 1. The quantitative estimate of drug-likeness (QED) is 0.591. The second-order valence-corrected chi connectivity index (χ2v) is 3.12. The molecule has 0 fully saturated rings. The Kier molecular flexibility index (Phi) is 4.05. The van der Waals surface area contributed by atoms with E-state index in [2.05, 4.69) is 17.5 Å². The van der Waals surface area contributed by atoms with Gasteiger partial charge in [-0.2, -0.15) is 0 Å². The molecule has 1 nitrogen and oxygen atoms in total. The van der Waals surface area contributed by atoms with E-state index in [4.69, 9.17) is 11.6 Å². The molecule has 64 valence electrons. The van der Waals surface area contributed by atoms with Gasteiger partial charge in [0.1, 0.15) is 0 Å². The van der Waals surface area contributed by atoms with Crippen molar-refractivity contribution in [3.63, 3.8) is 0 Å². The first-order valence-corrected chi connectivity index (χ1v) is 4.59. The summed E-state index contributed by atoms with van der Waals surface area (Å²) >= 11 is 10.4. The van der Waals surface area contributed by atoms with Crippen molar-refractivity contribution in [2.45, 2.75) is 6.42 Å². The third-order valence-electron chi connectivity index (χ3n) is 1.55. The Morgan fingerprint density at radius 3 is 2.58 bits per heavy atom. The minimum absolute atomic E-state index is 0.779. The monoisotopic (exact) mass is 199 g/mol. The first-order valence-electron chi connectivity index (χ1n) is 3.74. The van der Waals surface area contributed by atoms with E-state index in [1.807, 2.05) is 24.3 Å². The molecule has 0 aliphatic rings. The molecule has 0 aliphatic carbocycles. The SMILES string of the molecule is S=CNCCc1ccc(Cl)cc1. The summed E-state index contributed by atoms with van der Waals surface area (Å²) in [6, 6.07) is 7.84. The molecule has 0 atom stereocenters. The Labute approximate surface area is 82.7 Å². The normalized spacial score (nSPS) is 9.42. The van der Waals surface area contributed by atoms with Crippen molar-refractivity contribution in [1.82, 2.24) is 5.32 Å². The fourth-order valence-corrected chi connectivity index (χ4v) is 1.17. The van der Waals surface area contributed by atoms with E-state index < -0.39 is 0 Å². The summed E-state index contributed by atoms with van der Waals surface area (Å²) in [5, 5.41) is 3.75. The zero-order valence-electron chi connectivity index (χ0n) is 6.59. The molecule has 12 heavy (non-hydrogen) atoms. The Morgan fingerprint density at radius 2 is 2.00 bits per heavy atom. The van der Waals surface area contributed by atoms with E-state index >= 15 is 0 Å². The Bertz CT molecular complexity index is 245. The van der Waals surface area contributed by atoms with E-state index in [9.17, 15) is 0 Å². The van der Waals surface area contributed by atoms with E-state index in [0.717, 1.165) is 18.0 Å². The van der Waals surface area contributed by atoms with Gasteiger partial charge in [-0.3, -0.25) is 0 Å². The van der Waals surface area contributed by atoms with Gasteiger partial charge in [-0.1, -0.05) is 36.0 Å². The minimum Gasteiger partial charge on any atom is -0.382 e. The maximum Gasteiger partial charge on any atom is 0.0614 e. The summed E-state index contributed by atoms with van der Waals surface area (Å²) in [4.78, 5) is 0. The van der Waals surface area contributed by atoms with Crippen molar-refractivity contribution >= 4 is 29.3 Å². The Morgan fingerprint density at radius 1 is 1.33 bits per heavy atom. The second-order valence-electron chi connectivity index (χ2n) is 2.45. The lowest BCUT2D eigenvalue weighted by molar-refractivity contribution is 0.886. The lowest BCUT2D eigenvalue weighted by atomic mass is 10.1. The lowest BCUT2D eigenvalue weighted by Crippen LogP contribution is -2.13. The van der Waals surface area contributed by atoms with Crippen LogP contribution in [0.2, 0.25) is 5.02 Å². The second kappa shape index (κ2) is 5.12. The van der Waals surface area contributed by atoms with Crippen molar-refractivity contribution < 1.29 is 0 Å². The van der Waals surface area contributed by atoms with Gasteiger partial charge in [-0.25, -0.2) is 0 Å². The summed E-state index contributed by atoms with van der Waals surface area (Å²) in [5.41, 5.74) is 2.80. The van der Waals surface area contributed by atoms with Crippen LogP contribution in [0.3, 0.4) is 0 Å². The summed E-state index contributed by atoms with van der Waals surface area (Å²) < 4.78 is 0. The highest BCUT2D eigenvalue weighted by molar-refractivity contribution is 7.78. The van der Waals surface area contributed by atoms with Gasteiger partial charge in [0.2, 0.25) is 0 Å². The van der Waals surface area contributed by atoms with E-state index in [0.29, 0.717) is 0 Å². The highest BCUT2D eigenvalue weighted by Crippen LogP contribution is 2.09. The van der Waals surface area contributed by atoms with Crippen LogP contribution in [0.15, 0.2) is 24.3 Å². The van der Waals surface area contributed by atoms with Gasteiger partial charge < -0.3 is 5.32 Å². The topological polar surface area (TPSA) is 12.0 Å². The minimum atomic E-state index is 0.779. The fourth-order valence-electron chi connectivity index (χ4n) is 0.927. The van der Waals surface area contributed by atoms with Crippen LogP contribution >= 0.6 is 23.8 Å². The van der Waals surface area contributed by atoms with E-state index in [-0.39, 0.29) is 0 Å². The molecule has 0 spiro atoms. The molecule has 0 saturated heterocycles. The third-order valence-corrected chi connectivity index (χ3v) is 1.97. The van der Waals surface area contributed by atoms with E-state index in [1.165, 1.54) is 11.1 Å². The molecule has 0 unspecified atom stereocenters. The van der Waals surface area contributed by atoms with Crippen LogP contribution in [0.25, 0.3) is 0 Å². The van der Waals surface area contributed by atoms with Crippen LogP contribution < -0.4 is 5.32 Å². The Hall–Kier alpha value is -0.600. The van der Waals surface area contributed by atoms with Crippen molar-refractivity contribution in [2.24, 2.45) is 0 Å². The first kappa shape index (κ1) is 9.49. The van der Waals surface area contributed by atoms with Gasteiger partial charge in [0, 0.05) is 11.6 Å². The summed E-state index contributed by atoms with van der Waals surface area (Å²) in [5.74, 6) is 0. The number of benzene rings is 1. The standard InChI is InChI=1S/C9H10ClNS/c10-9-3-1-8(2-4-9)5-6-11-7-12/h1-4,7H,5-6H2,(H,11,12). The van der Waals surface area contributed by atoms with E-state index in [1.54, 1.807) is 0 Å². The van der Waals surface area contributed by atoms with Gasteiger partial charge in [0.25, 0.3) is 0 Å². The number of hydrogen-bond donors (Lipinski definition) is 1. The molecule has 0 heterocycles. The first-order chi connectivity index (χ1) is 5.83. The lowest BCUT2D eigenvalue weighted by Gasteiger charge is -2.00. The van der Waals surface area contributed by atoms with Crippen LogP contribution in [-0.2, 0) is 6.42 Å². The van der Waals surface area contributed by atoms with Crippen LogP contribution in [0, 0.1) is 0 Å². The van der Waals surface area contributed by atoms with Crippen molar-refractivity contribution in [2.75, 3.05) is 6.54 Å². The summed E-state index contributed by atoms with van der Waals surface area (Å²) in [7, 11) is 0. The smallest absolute Gasteiger partial charge is 0.0614 e. The summed E-state index contributed by atoms with van der Waals surface area (Å²) in [6.07, 6.45) is 0.976. The number of nitrogens with one attached hydrogen (secondary N) is 1. The highest BCUT2D eigenvalue weighted by atomic mass is 35.5. The molecule has 0 amide bonds. The fraction of sp³-hybridized carbons (Fsp3) is 0.222. The number of halogens is 1. The maximum atomic E-state index is 5.73. The largest absolute Gasteiger partial charge is 0.382 e. The highest BCUT2D eigenvalue weighted by Gasteiger charge is 1.91. The molecular formula is C9H10ClNS. The molecule has 1 aromatic rings. The predicted molar refractivity (Wildman–Crippen MR) is 56.8 cm³/mol. The van der Waals surface area contributed by atoms with Crippen LogP contribution in [0.4, 0.5) is 0 Å². The molecule has 0 radical (unpaired) electrons. The predicted octanol–water partition coefficient (Wildman–Crippen LogP) is 2.43. The zero-order valence-corrected chi connectivity index (χ0v) is 8.16. The maximum absolute atomic E-state index is 5.73. The van der Waals surface area contributed by atoms with Gasteiger partial charge in [-0.15, -0.1) is 0 Å². The summed E-state index contributed by atoms with van der Waals surface area (Å²) in [6.45, 7) is 0.880. The van der Waals surface area contributed by atoms with Crippen LogP contribution in [0.5, 0.6) is 0 Å². The molecule has 1 N–H and O–H groups in total. The number of thiocarbonyl (C=S) groups is 1. The van der Waals surface area contributed by atoms with Crippen molar-refractivity contribution in [3.8, 4) is 0 Å². The van der Waals surface area contributed by atoms with Gasteiger partial charge in [0.15, 0.2) is 0 Å². The zero-order chi connectivity index (χ0) is 8.81. The Balaban J connectivity index is 2.42. The van der Waals surface area contributed by atoms with Crippen molar-refractivity contribution in [1.29, 1.82) is 0 Å².